The summed E-state index contributed by atoms with van der Waals surface area (Å²) in [7, 11) is 0. The average molecular weight is 387 g/mol. The summed E-state index contributed by atoms with van der Waals surface area (Å²) >= 11 is 0. The van der Waals surface area contributed by atoms with Crippen molar-refractivity contribution < 1.29 is 23.9 Å². The van der Waals surface area contributed by atoms with Gasteiger partial charge in [-0.15, -0.1) is 0 Å². The number of benzene rings is 1. The van der Waals surface area contributed by atoms with Crippen molar-refractivity contribution in [1.82, 2.24) is 15.1 Å². The molecule has 8 nitrogen and oxygen atoms in total. The number of carbonyl (C=O) groups is 3. The Morgan fingerprint density at radius 3 is 2.82 bits per heavy atom. The second kappa shape index (κ2) is 7.00. The van der Waals surface area contributed by atoms with Crippen molar-refractivity contribution in [2.24, 2.45) is 0 Å². The van der Waals surface area contributed by atoms with E-state index in [9.17, 15) is 14.4 Å². The number of rotatable bonds is 4. The van der Waals surface area contributed by atoms with E-state index in [1.807, 2.05) is 4.90 Å². The van der Waals surface area contributed by atoms with Gasteiger partial charge >= 0.3 is 6.03 Å². The van der Waals surface area contributed by atoms with E-state index in [1.54, 1.807) is 25.1 Å². The summed E-state index contributed by atoms with van der Waals surface area (Å²) in [5, 5.41) is 2.74. The number of likely N-dealkylation sites (tertiary alicyclic amines) is 1. The minimum Gasteiger partial charge on any atom is -0.454 e. The number of fused-ring (bicyclic) bond motifs is 1. The van der Waals surface area contributed by atoms with Crippen LogP contribution in [0.1, 0.15) is 45.1 Å². The Bertz CT molecular complexity index is 826. The van der Waals surface area contributed by atoms with E-state index in [2.05, 4.69) is 12.2 Å². The second-order valence-electron chi connectivity index (χ2n) is 7.66. The third kappa shape index (κ3) is 2.96. The highest BCUT2D eigenvalue weighted by atomic mass is 16.7. The van der Waals surface area contributed by atoms with Crippen molar-refractivity contribution in [2.75, 3.05) is 19.9 Å². The molecule has 2 saturated heterocycles. The van der Waals surface area contributed by atoms with E-state index in [1.165, 1.54) is 0 Å². The Hall–Kier alpha value is -2.77. The van der Waals surface area contributed by atoms with E-state index in [0.29, 0.717) is 23.6 Å². The minimum absolute atomic E-state index is 0.130. The van der Waals surface area contributed by atoms with E-state index < -0.39 is 17.5 Å². The molecule has 1 N–H and O–H groups in total. The maximum Gasteiger partial charge on any atom is 0.325 e. The van der Waals surface area contributed by atoms with Crippen molar-refractivity contribution in [1.29, 1.82) is 0 Å². The Morgan fingerprint density at radius 2 is 2.04 bits per heavy atom. The van der Waals surface area contributed by atoms with Gasteiger partial charge in [-0.05, 0) is 50.3 Å². The summed E-state index contributed by atoms with van der Waals surface area (Å²) in [6.45, 7) is 4.28. The number of nitrogens with one attached hydrogen (secondary N) is 1. The lowest BCUT2D eigenvalue weighted by atomic mass is 9.91. The largest absolute Gasteiger partial charge is 0.454 e. The molecule has 0 saturated carbocycles. The number of ether oxygens (including phenoxy) is 2. The molecule has 1 aromatic rings. The van der Waals surface area contributed by atoms with Crippen molar-refractivity contribution in [3.63, 3.8) is 0 Å². The second-order valence-corrected chi connectivity index (χ2v) is 7.66. The van der Waals surface area contributed by atoms with Crippen LogP contribution < -0.4 is 14.8 Å². The van der Waals surface area contributed by atoms with Gasteiger partial charge in [0, 0.05) is 12.6 Å². The zero-order valence-electron chi connectivity index (χ0n) is 16.2. The van der Waals surface area contributed by atoms with Gasteiger partial charge in [-0.2, -0.15) is 0 Å². The van der Waals surface area contributed by atoms with E-state index in [-0.39, 0.29) is 25.3 Å². The molecule has 1 aromatic carbocycles. The monoisotopic (exact) mass is 387 g/mol. The van der Waals surface area contributed by atoms with Gasteiger partial charge in [0.15, 0.2) is 11.5 Å². The molecule has 0 unspecified atom stereocenters. The van der Waals surface area contributed by atoms with Gasteiger partial charge in [0.2, 0.25) is 12.7 Å². The standard InChI is InChI=1S/C20H25N3O5/c1-3-14-6-4-5-9-22(14)17(24)11-23-18(25)20(2,21-19(23)26)13-7-8-15-16(10-13)28-12-27-15/h7-8,10,14H,3-6,9,11-12H2,1-2H3,(H,21,26)/t14-,20-/m1/s1. The molecule has 28 heavy (non-hydrogen) atoms. The van der Waals surface area contributed by atoms with Crippen LogP contribution in [-0.4, -0.2) is 53.6 Å². The first-order valence-corrected chi connectivity index (χ1v) is 9.77. The first-order chi connectivity index (χ1) is 13.4. The first-order valence-electron chi connectivity index (χ1n) is 9.77. The lowest BCUT2D eigenvalue weighted by molar-refractivity contribution is -0.141. The van der Waals surface area contributed by atoms with Gasteiger partial charge in [-0.3, -0.25) is 14.5 Å². The van der Waals surface area contributed by atoms with Gasteiger partial charge in [0.05, 0.1) is 0 Å². The summed E-state index contributed by atoms with van der Waals surface area (Å²) in [5.74, 6) is 0.529. The third-order valence-corrected chi connectivity index (χ3v) is 5.94. The Balaban J connectivity index is 1.53. The van der Waals surface area contributed by atoms with Crippen LogP contribution in [0.25, 0.3) is 0 Å². The molecule has 3 aliphatic rings. The summed E-state index contributed by atoms with van der Waals surface area (Å²) in [5.41, 5.74) is -0.654. The molecule has 3 aliphatic heterocycles. The fourth-order valence-electron chi connectivity index (χ4n) is 4.22. The van der Waals surface area contributed by atoms with E-state index in [0.717, 1.165) is 30.6 Å². The number of amides is 4. The van der Waals surface area contributed by atoms with Crippen molar-refractivity contribution in [2.45, 2.75) is 51.1 Å². The SMILES string of the molecule is CC[C@@H]1CCCCN1C(=O)CN1C(=O)N[C@](C)(c2ccc3c(c2)OCO3)C1=O. The highest BCUT2D eigenvalue weighted by molar-refractivity contribution is 6.09. The molecule has 3 heterocycles. The molecule has 0 aliphatic carbocycles. The molecule has 0 aromatic heterocycles. The van der Waals surface area contributed by atoms with Crippen LogP contribution in [0.2, 0.25) is 0 Å². The molecule has 0 radical (unpaired) electrons. The number of imide groups is 1. The molecule has 4 amide bonds. The number of urea groups is 1. The molecule has 8 heteroatoms. The fourth-order valence-corrected chi connectivity index (χ4v) is 4.22. The molecule has 0 spiro atoms. The lowest BCUT2D eigenvalue weighted by Gasteiger charge is -2.36. The predicted molar refractivity (Wildman–Crippen MR) is 99.8 cm³/mol. The molecular weight excluding hydrogens is 362 g/mol. The van der Waals surface area contributed by atoms with Gasteiger partial charge in [-0.1, -0.05) is 13.0 Å². The number of piperidine rings is 1. The predicted octanol–water partition coefficient (Wildman–Crippen LogP) is 1.97. The molecule has 0 bridgehead atoms. The minimum atomic E-state index is -1.25. The zero-order chi connectivity index (χ0) is 19.9. The smallest absolute Gasteiger partial charge is 0.325 e. The summed E-state index contributed by atoms with van der Waals surface area (Å²) in [4.78, 5) is 41.3. The van der Waals surface area contributed by atoms with Gasteiger partial charge in [0.25, 0.3) is 5.91 Å². The van der Waals surface area contributed by atoms with E-state index >= 15 is 0 Å². The Kier molecular flexibility index (Phi) is 4.64. The molecular formula is C20H25N3O5. The van der Waals surface area contributed by atoms with Crippen LogP contribution in [-0.2, 0) is 15.1 Å². The highest BCUT2D eigenvalue weighted by Crippen LogP contribution is 2.37. The van der Waals surface area contributed by atoms with Crippen LogP contribution in [0.15, 0.2) is 18.2 Å². The highest BCUT2D eigenvalue weighted by Gasteiger charge is 2.50. The summed E-state index contributed by atoms with van der Waals surface area (Å²) < 4.78 is 10.7. The van der Waals surface area contributed by atoms with Crippen LogP contribution >= 0.6 is 0 Å². The van der Waals surface area contributed by atoms with Crippen molar-refractivity contribution in [3.05, 3.63) is 23.8 Å². The normalized spacial score (nSPS) is 26.6. The lowest BCUT2D eigenvalue weighted by Crippen LogP contribution is -2.49. The summed E-state index contributed by atoms with van der Waals surface area (Å²) in [6, 6.07) is 4.78. The first kappa shape index (κ1) is 18.6. The molecule has 2 atom stereocenters. The van der Waals surface area contributed by atoms with Gasteiger partial charge < -0.3 is 19.7 Å². The van der Waals surface area contributed by atoms with Crippen molar-refractivity contribution in [3.8, 4) is 11.5 Å². The topological polar surface area (TPSA) is 88.2 Å². The van der Waals surface area contributed by atoms with Gasteiger partial charge in [0.1, 0.15) is 12.1 Å². The number of carbonyl (C=O) groups excluding carboxylic acids is 3. The van der Waals surface area contributed by atoms with Crippen LogP contribution in [0.4, 0.5) is 4.79 Å². The number of hydrogen-bond acceptors (Lipinski definition) is 5. The Labute approximate surface area is 163 Å². The number of hydrogen-bond donors (Lipinski definition) is 1. The van der Waals surface area contributed by atoms with Crippen LogP contribution in [0, 0.1) is 0 Å². The van der Waals surface area contributed by atoms with Crippen LogP contribution in [0.5, 0.6) is 11.5 Å². The molecule has 2 fully saturated rings. The zero-order valence-corrected chi connectivity index (χ0v) is 16.2. The summed E-state index contributed by atoms with van der Waals surface area (Å²) in [6.07, 6.45) is 3.91. The van der Waals surface area contributed by atoms with Crippen molar-refractivity contribution >= 4 is 17.8 Å². The maximum atomic E-state index is 13.1. The molecule has 150 valence electrons. The van der Waals surface area contributed by atoms with Gasteiger partial charge in [-0.25, -0.2) is 4.79 Å². The fraction of sp³-hybridized carbons (Fsp3) is 0.550. The van der Waals surface area contributed by atoms with E-state index in [4.69, 9.17) is 9.47 Å². The number of nitrogens with zero attached hydrogens (tertiary/aromatic N) is 2. The quantitative estimate of drug-likeness (QED) is 0.798. The third-order valence-electron chi connectivity index (χ3n) is 5.94. The van der Waals surface area contributed by atoms with Crippen LogP contribution in [0.3, 0.4) is 0 Å². The molecule has 4 rings (SSSR count). The Morgan fingerprint density at radius 1 is 1.25 bits per heavy atom. The maximum absolute atomic E-state index is 13.1. The average Bonchev–Trinajstić information content (AvgIpc) is 3.26.